The number of anilines is 1. The smallest absolute Gasteiger partial charge is 0.159 e. The lowest BCUT2D eigenvalue weighted by molar-refractivity contribution is 0.101. The minimum absolute atomic E-state index is 0.115. The molecule has 140 valence electrons. The lowest BCUT2D eigenvalue weighted by Gasteiger charge is -2.36. The second kappa shape index (κ2) is 7.88. The lowest BCUT2D eigenvalue weighted by Crippen LogP contribution is -2.46. The van der Waals surface area contributed by atoms with Crippen molar-refractivity contribution in [2.75, 3.05) is 31.1 Å². The van der Waals surface area contributed by atoms with Crippen LogP contribution in [0.15, 0.2) is 41.1 Å². The van der Waals surface area contributed by atoms with E-state index in [0.29, 0.717) is 11.3 Å². The predicted octanol–water partition coefficient (Wildman–Crippen LogP) is 4.54. The van der Waals surface area contributed by atoms with Gasteiger partial charge in [-0.05, 0) is 36.6 Å². The Labute approximate surface area is 165 Å². The molecule has 27 heavy (non-hydrogen) atoms. The van der Waals surface area contributed by atoms with E-state index in [2.05, 4.69) is 21.7 Å². The highest BCUT2D eigenvalue weighted by atomic mass is 32.1. The number of Topliss-reactive ketones (excluding diaryl/α,β-unsaturated/α-hetero) is 1. The highest BCUT2D eigenvalue weighted by molar-refractivity contribution is 7.20. The van der Waals surface area contributed by atoms with Gasteiger partial charge in [0.2, 0.25) is 0 Å². The number of piperazine rings is 1. The van der Waals surface area contributed by atoms with Crippen LogP contribution in [0.4, 0.5) is 10.1 Å². The molecule has 0 aliphatic carbocycles. The average Bonchev–Trinajstić information content (AvgIpc) is 3.34. The van der Waals surface area contributed by atoms with E-state index in [1.165, 1.54) is 17.9 Å². The van der Waals surface area contributed by atoms with Gasteiger partial charge in [0.15, 0.2) is 5.78 Å². The predicted molar refractivity (Wildman–Crippen MR) is 109 cm³/mol. The summed E-state index contributed by atoms with van der Waals surface area (Å²) in [5, 5.41) is 5.27. The first-order valence-electron chi connectivity index (χ1n) is 8.86. The molecule has 4 nitrogen and oxygen atoms in total. The molecule has 0 spiro atoms. The van der Waals surface area contributed by atoms with Crippen LogP contribution in [0, 0.1) is 5.82 Å². The van der Waals surface area contributed by atoms with Crippen LogP contribution in [0.1, 0.15) is 23.0 Å². The quantitative estimate of drug-likeness (QED) is 0.589. The minimum Gasteiger partial charge on any atom is -0.367 e. The van der Waals surface area contributed by atoms with Crippen LogP contribution in [-0.2, 0) is 6.54 Å². The fraction of sp³-hybridized carbons (Fsp3) is 0.300. The lowest BCUT2D eigenvalue weighted by atomic mass is 10.1. The summed E-state index contributed by atoms with van der Waals surface area (Å²) in [5.74, 6) is -0.438. The van der Waals surface area contributed by atoms with Gasteiger partial charge in [0.25, 0.3) is 0 Å². The number of halogens is 1. The topological polar surface area (TPSA) is 36.4 Å². The summed E-state index contributed by atoms with van der Waals surface area (Å²) in [5.41, 5.74) is 2.09. The molecule has 7 heteroatoms. The van der Waals surface area contributed by atoms with Crippen LogP contribution in [0.5, 0.6) is 0 Å². The molecular weight excluding hydrogens is 381 g/mol. The van der Waals surface area contributed by atoms with Crippen molar-refractivity contribution in [3.63, 3.8) is 0 Å². The molecule has 4 rings (SSSR count). The normalized spacial score (nSPS) is 15.3. The van der Waals surface area contributed by atoms with Gasteiger partial charge in [0, 0.05) is 43.7 Å². The monoisotopic (exact) mass is 401 g/mol. The first-order chi connectivity index (χ1) is 13.1. The number of aromatic nitrogens is 1. The van der Waals surface area contributed by atoms with Crippen LogP contribution in [-0.4, -0.2) is 41.8 Å². The Morgan fingerprint density at radius 2 is 2.00 bits per heavy atom. The van der Waals surface area contributed by atoms with E-state index >= 15 is 0 Å². The molecule has 0 saturated carbocycles. The van der Waals surface area contributed by atoms with Crippen molar-refractivity contribution in [1.29, 1.82) is 0 Å². The van der Waals surface area contributed by atoms with Crippen molar-refractivity contribution in [2.45, 2.75) is 13.5 Å². The highest BCUT2D eigenvalue weighted by Crippen LogP contribution is 2.28. The van der Waals surface area contributed by atoms with E-state index in [4.69, 9.17) is 4.98 Å². The Hall–Kier alpha value is -2.09. The van der Waals surface area contributed by atoms with Gasteiger partial charge in [-0.1, -0.05) is 6.07 Å². The number of benzene rings is 1. The summed E-state index contributed by atoms with van der Waals surface area (Å²) in [6, 6.07) is 8.90. The zero-order valence-electron chi connectivity index (χ0n) is 15.0. The zero-order chi connectivity index (χ0) is 18.8. The molecule has 0 atom stereocenters. The fourth-order valence-corrected chi connectivity index (χ4v) is 4.88. The third-order valence-electron chi connectivity index (χ3n) is 4.74. The molecule has 3 heterocycles. The standard InChI is InChI=1S/C20H20FN3OS2/c1-14(25)15-4-5-18(17(21)11-15)24-8-6-23(7-9-24)12-16-13-27-20(22-16)19-3-2-10-26-19/h2-5,10-11,13H,6-9,12H2,1H3. The number of carbonyl (C=O) groups excluding carboxylic acids is 1. The van der Waals surface area contributed by atoms with Gasteiger partial charge in [-0.2, -0.15) is 0 Å². The molecule has 0 N–H and O–H groups in total. The molecule has 1 aliphatic heterocycles. The SMILES string of the molecule is CC(=O)c1ccc(N2CCN(Cc3csc(-c4cccs4)n3)CC2)c(F)c1. The summed E-state index contributed by atoms with van der Waals surface area (Å²) in [4.78, 5) is 21.7. The Bertz CT molecular complexity index is 931. The number of ketones is 1. The summed E-state index contributed by atoms with van der Waals surface area (Å²) in [7, 11) is 0. The molecule has 1 saturated heterocycles. The second-order valence-electron chi connectivity index (χ2n) is 6.61. The largest absolute Gasteiger partial charge is 0.367 e. The van der Waals surface area contributed by atoms with Gasteiger partial charge in [0.05, 0.1) is 16.3 Å². The van der Waals surface area contributed by atoms with Gasteiger partial charge < -0.3 is 4.90 Å². The maximum Gasteiger partial charge on any atom is 0.159 e. The van der Waals surface area contributed by atoms with Gasteiger partial charge in [0.1, 0.15) is 10.8 Å². The van der Waals surface area contributed by atoms with Crippen LogP contribution in [0.25, 0.3) is 9.88 Å². The third kappa shape index (κ3) is 4.10. The minimum atomic E-state index is -0.323. The van der Waals surface area contributed by atoms with Crippen LogP contribution < -0.4 is 4.90 Å². The molecule has 0 bridgehead atoms. The van der Waals surface area contributed by atoms with Crippen molar-refractivity contribution < 1.29 is 9.18 Å². The van der Waals surface area contributed by atoms with E-state index in [-0.39, 0.29) is 11.6 Å². The van der Waals surface area contributed by atoms with Crippen molar-refractivity contribution in [1.82, 2.24) is 9.88 Å². The highest BCUT2D eigenvalue weighted by Gasteiger charge is 2.21. The Morgan fingerprint density at radius 3 is 2.67 bits per heavy atom. The second-order valence-corrected chi connectivity index (χ2v) is 8.41. The molecule has 0 unspecified atom stereocenters. The van der Waals surface area contributed by atoms with Gasteiger partial charge >= 0.3 is 0 Å². The van der Waals surface area contributed by atoms with Gasteiger partial charge in [-0.15, -0.1) is 22.7 Å². The molecule has 1 aliphatic rings. The zero-order valence-corrected chi connectivity index (χ0v) is 16.7. The molecule has 3 aromatic rings. The number of thiophene rings is 1. The first kappa shape index (κ1) is 18.3. The molecule has 2 aromatic heterocycles. The van der Waals surface area contributed by atoms with E-state index in [1.807, 2.05) is 11.0 Å². The third-order valence-corrected chi connectivity index (χ3v) is 6.67. The number of thiazole rings is 1. The number of nitrogens with zero attached hydrogens (tertiary/aromatic N) is 3. The summed E-state index contributed by atoms with van der Waals surface area (Å²) in [6.07, 6.45) is 0. The van der Waals surface area contributed by atoms with Crippen molar-refractivity contribution in [3.8, 4) is 9.88 Å². The first-order valence-corrected chi connectivity index (χ1v) is 10.6. The number of rotatable bonds is 5. The Kier molecular flexibility index (Phi) is 5.33. The summed E-state index contributed by atoms with van der Waals surface area (Å²) < 4.78 is 14.4. The Balaban J connectivity index is 1.36. The maximum absolute atomic E-state index is 14.4. The van der Waals surface area contributed by atoms with Crippen molar-refractivity contribution in [3.05, 3.63) is 58.2 Å². The molecule has 1 aromatic carbocycles. The summed E-state index contributed by atoms with van der Waals surface area (Å²) >= 11 is 3.39. The summed E-state index contributed by atoms with van der Waals surface area (Å²) in [6.45, 7) is 5.52. The fourth-order valence-electron chi connectivity index (χ4n) is 3.25. The average molecular weight is 402 g/mol. The van der Waals surface area contributed by atoms with Gasteiger partial charge in [-0.25, -0.2) is 9.37 Å². The molecule has 1 fully saturated rings. The van der Waals surface area contributed by atoms with Crippen LogP contribution in [0.2, 0.25) is 0 Å². The van der Waals surface area contributed by atoms with E-state index in [0.717, 1.165) is 43.4 Å². The number of carbonyl (C=O) groups is 1. The number of hydrogen-bond acceptors (Lipinski definition) is 6. The molecular formula is C20H20FN3OS2. The van der Waals surface area contributed by atoms with E-state index in [1.54, 1.807) is 34.8 Å². The van der Waals surface area contributed by atoms with Crippen LogP contribution in [0.3, 0.4) is 0 Å². The molecule has 0 amide bonds. The Morgan fingerprint density at radius 1 is 1.19 bits per heavy atom. The van der Waals surface area contributed by atoms with Crippen LogP contribution >= 0.6 is 22.7 Å². The number of hydrogen-bond donors (Lipinski definition) is 0. The van der Waals surface area contributed by atoms with E-state index in [9.17, 15) is 9.18 Å². The van der Waals surface area contributed by atoms with Gasteiger partial charge in [-0.3, -0.25) is 9.69 Å². The van der Waals surface area contributed by atoms with E-state index < -0.39 is 0 Å². The van der Waals surface area contributed by atoms with Crippen molar-refractivity contribution in [2.24, 2.45) is 0 Å². The molecule has 0 radical (unpaired) electrons. The maximum atomic E-state index is 14.4. The van der Waals surface area contributed by atoms with Crippen molar-refractivity contribution >= 4 is 34.1 Å².